The molecule has 0 N–H and O–H groups in total. The van der Waals surface area contributed by atoms with Gasteiger partial charge in [-0.1, -0.05) is 0 Å². The monoisotopic (exact) mass is 296 g/mol. The van der Waals surface area contributed by atoms with Gasteiger partial charge in [0.05, 0.1) is 10.2 Å². The number of ether oxygens (including phenoxy) is 1. The highest BCUT2D eigenvalue weighted by Crippen LogP contribution is 2.25. The van der Waals surface area contributed by atoms with Crippen LogP contribution in [-0.2, 0) is 9.84 Å². The Labute approximate surface area is 96.3 Å². The molecule has 0 bridgehead atoms. The molecule has 0 fully saturated rings. The second-order valence-electron chi connectivity index (χ2n) is 3.05. The van der Waals surface area contributed by atoms with Gasteiger partial charge in [0.25, 0.3) is 0 Å². The van der Waals surface area contributed by atoms with E-state index < -0.39 is 9.84 Å². The van der Waals surface area contributed by atoms with Crippen molar-refractivity contribution in [1.82, 2.24) is 0 Å². The van der Waals surface area contributed by atoms with Gasteiger partial charge in [-0.2, -0.15) is 0 Å². The van der Waals surface area contributed by atoms with Crippen molar-refractivity contribution < 1.29 is 17.5 Å². The molecule has 1 rings (SSSR count). The number of halogens is 2. The lowest BCUT2D eigenvalue weighted by Crippen LogP contribution is -2.12. The van der Waals surface area contributed by atoms with E-state index in [2.05, 4.69) is 15.9 Å². The molecular weight excluding hydrogens is 287 g/mol. The minimum Gasteiger partial charge on any atom is -0.491 e. The van der Waals surface area contributed by atoms with Gasteiger partial charge in [-0.3, -0.25) is 0 Å². The molecule has 0 amide bonds. The van der Waals surface area contributed by atoms with Gasteiger partial charge in [-0.05, 0) is 34.1 Å². The van der Waals surface area contributed by atoms with E-state index in [1.807, 2.05) is 0 Å². The third-order valence-electron chi connectivity index (χ3n) is 1.61. The SMILES string of the molecule is CS(=O)(=O)CCOc1ccc(F)cc1Br. The topological polar surface area (TPSA) is 43.4 Å². The van der Waals surface area contributed by atoms with Gasteiger partial charge in [0.2, 0.25) is 0 Å². The lowest BCUT2D eigenvalue weighted by atomic mass is 10.3. The molecule has 0 aliphatic carbocycles. The Morgan fingerprint density at radius 2 is 2.13 bits per heavy atom. The Balaban J connectivity index is 2.59. The predicted octanol–water partition coefficient (Wildman–Crippen LogP) is 2.01. The molecule has 6 heteroatoms. The van der Waals surface area contributed by atoms with Gasteiger partial charge >= 0.3 is 0 Å². The van der Waals surface area contributed by atoms with Crippen LogP contribution in [-0.4, -0.2) is 27.0 Å². The van der Waals surface area contributed by atoms with Gasteiger partial charge in [-0.25, -0.2) is 12.8 Å². The second kappa shape index (κ2) is 4.94. The zero-order chi connectivity index (χ0) is 11.5. The summed E-state index contributed by atoms with van der Waals surface area (Å²) in [5, 5.41) is 0. The summed E-state index contributed by atoms with van der Waals surface area (Å²) in [6.07, 6.45) is 1.13. The Bertz CT molecular complexity index is 445. The molecule has 0 spiro atoms. The molecule has 0 unspecified atom stereocenters. The van der Waals surface area contributed by atoms with E-state index in [0.29, 0.717) is 10.2 Å². The Morgan fingerprint density at radius 1 is 1.47 bits per heavy atom. The van der Waals surface area contributed by atoms with Crippen LogP contribution in [0.15, 0.2) is 22.7 Å². The number of rotatable bonds is 4. The Kier molecular flexibility index (Phi) is 4.10. The minimum absolute atomic E-state index is 0.0586. The van der Waals surface area contributed by atoms with E-state index in [1.54, 1.807) is 0 Å². The third kappa shape index (κ3) is 4.61. The number of sulfone groups is 1. The molecule has 0 heterocycles. The first kappa shape index (κ1) is 12.4. The van der Waals surface area contributed by atoms with Crippen LogP contribution in [0, 0.1) is 5.82 Å². The summed E-state index contributed by atoms with van der Waals surface area (Å²) in [6, 6.07) is 3.96. The van der Waals surface area contributed by atoms with E-state index >= 15 is 0 Å². The lowest BCUT2D eigenvalue weighted by molar-refractivity contribution is 0.338. The maximum atomic E-state index is 12.7. The lowest BCUT2D eigenvalue weighted by Gasteiger charge is -2.07. The summed E-state index contributed by atoms with van der Waals surface area (Å²) in [4.78, 5) is 0. The van der Waals surface area contributed by atoms with Gasteiger partial charge in [0.1, 0.15) is 18.2 Å². The molecular formula is C9H10BrFO3S. The van der Waals surface area contributed by atoms with Crippen molar-refractivity contribution in [2.45, 2.75) is 0 Å². The predicted molar refractivity (Wildman–Crippen MR) is 59.3 cm³/mol. The largest absolute Gasteiger partial charge is 0.491 e. The van der Waals surface area contributed by atoms with Gasteiger partial charge in [0.15, 0.2) is 9.84 Å². The molecule has 0 aromatic heterocycles. The van der Waals surface area contributed by atoms with Crippen LogP contribution in [0.2, 0.25) is 0 Å². The zero-order valence-electron chi connectivity index (χ0n) is 8.04. The van der Waals surface area contributed by atoms with Crippen LogP contribution in [0.5, 0.6) is 5.75 Å². The van der Waals surface area contributed by atoms with Gasteiger partial charge in [-0.15, -0.1) is 0 Å². The average Bonchev–Trinajstić information content (AvgIpc) is 2.07. The first-order valence-corrected chi connectivity index (χ1v) is 6.99. The van der Waals surface area contributed by atoms with Crippen LogP contribution in [0.4, 0.5) is 4.39 Å². The van der Waals surface area contributed by atoms with E-state index in [9.17, 15) is 12.8 Å². The summed E-state index contributed by atoms with van der Waals surface area (Å²) in [7, 11) is -3.03. The molecule has 3 nitrogen and oxygen atoms in total. The Morgan fingerprint density at radius 3 is 2.67 bits per heavy atom. The first-order valence-electron chi connectivity index (χ1n) is 4.14. The maximum absolute atomic E-state index is 12.7. The van der Waals surface area contributed by atoms with E-state index in [1.165, 1.54) is 18.2 Å². The summed E-state index contributed by atoms with van der Waals surface area (Å²) >= 11 is 3.11. The Hall–Kier alpha value is -0.620. The molecule has 84 valence electrons. The molecule has 0 aliphatic rings. The quantitative estimate of drug-likeness (QED) is 0.854. The summed E-state index contributed by atoms with van der Waals surface area (Å²) in [6.45, 7) is 0.0586. The first-order chi connectivity index (χ1) is 6.88. The second-order valence-corrected chi connectivity index (χ2v) is 6.17. The fraction of sp³-hybridized carbons (Fsp3) is 0.333. The number of hydrogen-bond donors (Lipinski definition) is 0. The van der Waals surface area contributed by atoms with Crippen molar-refractivity contribution in [3.05, 3.63) is 28.5 Å². The number of benzene rings is 1. The highest BCUT2D eigenvalue weighted by Gasteiger charge is 2.05. The summed E-state index contributed by atoms with van der Waals surface area (Å²) in [5.41, 5.74) is 0. The van der Waals surface area contributed by atoms with Crippen molar-refractivity contribution in [3.8, 4) is 5.75 Å². The van der Waals surface area contributed by atoms with Crippen molar-refractivity contribution in [2.24, 2.45) is 0 Å². The summed E-state index contributed by atoms with van der Waals surface area (Å²) < 4.78 is 39.9. The normalized spacial score (nSPS) is 11.4. The van der Waals surface area contributed by atoms with Crippen molar-refractivity contribution >= 4 is 25.8 Å². The number of hydrogen-bond acceptors (Lipinski definition) is 3. The standard InChI is InChI=1S/C9H10BrFO3S/c1-15(12,13)5-4-14-9-3-2-7(11)6-8(9)10/h2-3,6H,4-5H2,1H3. The van der Waals surface area contributed by atoms with Crippen LogP contribution in [0.3, 0.4) is 0 Å². The fourth-order valence-electron chi connectivity index (χ4n) is 0.895. The molecule has 1 aromatic rings. The average molecular weight is 297 g/mol. The van der Waals surface area contributed by atoms with Crippen molar-refractivity contribution in [2.75, 3.05) is 18.6 Å². The van der Waals surface area contributed by atoms with E-state index in [-0.39, 0.29) is 18.2 Å². The van der Waals surface area contributed by atoms with Crippen LogP contribution < -0.4 is 4.74 Å². The van der Waals surface area contributed by atoms with Gasteiger partial charge < -0.3 is 4.74 Å². The smallest absolute Gasteiger partial charge is 0.150 e. The zero-order valence-corrected chi connectivity index (χ0v) is 10.4. The molecule has 0 saturated carbocycles. The molecule has 1 aromatic carbocycles. The summed E-state index contributed by atoms with van der Waals surface area (Å²) in [5.74, 6) is -0.00558. The molecule has 0 radical (unpaired) electrons. The van der Waals surface area contributed by atoms with Crippen LogP contribution in [0.25, 0.3) is 0 Å². The molecule has 15 heavy (non-hydrogen) atoms. The molecule has 0 atom stereocenters. The van der Waals surface area contributed by atoms with E-state index in [0.717, 1.165) is 6.26 Å². The highest BCUT2D eigenvalue weighted by atomic mass is 79.9. The van der Waals surface area contributed by atoms with Crippen LogP contribution in [0.1, 0.15) is 0 Å². The molecule has 0 aliphatic heterocycles. The minimum atomic E-state index is -3.03. The third-order valence-corrected chi connectivity index (χ3v) is 3.13. The molecule has 0 saturated heterocycles. The van der Waals surface area contributed by atoms with Crippen molar-refractivity contribution in [3.63, 3.8) is 0 Å². The van der Waals surface area contributed by atoms with Gasteiger partial charge in [0, 0.05) is 6.26 Å². The van der Waals surface area contributed by atoms with Crippen molar-refractivity contribution in [1.29, 1.82) is 0 Å². The van der Waals surface area contributed by atoms with Crippen LogP contribution >= 0.6 is 15.9 Å². The maximum Gasteiger partial charge on any atom is 0.150 e. The highest BCUT2D eigenvalue weighted by molar-refractivity contribution is 9.10. The van der Waals surface area contributed by atoms with E-state index in [4.69, 9.17) is 4.74 Å². The fourth-order valence-corrected chi connectivity index (χ4v) is 1.75.